The molecule has 0 aromatic heterocycles. The maximum absolute atomic E-state index is 11.3. The van der Waals surface area contributed by atoms with Crippen LogP contribution in [0.2, 0.25) is 0 Å². The van der Waals surface area contributed by atoms with Gasteiger partial charge in [0.05, 0.1) is 25.1 Å². The SMILES string of the molecule is CCOc1cc(Br)c(C(O)CS(C)(=O)=O)cc1OCC. The predicted molar refractivity (Wildman–Crippen MR) is 81.2 cm³/mol. The number of hydrogen-bond donors (Lipinski definition) is 1. The number of halogens is 1. The smallest absolute Gasteiger partial charge is 0.162 e. The Labute approximate surface area is 128 Å². The number of aliphatic hydroxyl groups is 1. The van der Waals surface area contributed by atoms with Crippen LogP contribution in [0.3, 0.4) is 0 Å². The zero-order chi connectivity index (χ0) is 15.3. The number of hydrogen-bond acceptors (Lipinski definition) is 5. The van der Waals surface area contributed by atoms with Crippen molar-refractivity contribution < 1.29 is 23.0 Å². The summed E-state index contributed by atoms with van der Waals surface area (Å²) in [6.45, 7) is 4.63. The van der Waals surface area contributed by atoms with Crippen LogP contribution in [-0.2, 0) is 9.84 Å². The molecule has 1 N–H and O–H groups in total. The molecule has 0 radical (unpaired) electrons. The fourth-order valence-corrected chi connectivity index (χ4v) is 3.06. The first kappa shape index (κ1) is 17.3. The van der Waals surface area contributed by atoms with Gasteiger partial charge in [0.1, 0.15) is 9.84 Å². The van der Waals surface area contributed by atoms with E-state index < -0.39 is 15.9 Å². The molecule has 1 aromatic carbocycles. The Kier molecular flexibility index (Phi) is 6.29. The molecule has 114 valence electrons. The number of ether oxygens (including phenoxy) is 2. The van der Waals surface area contributed by atoms with Crippen molar-refractivity contribution in [3.8, 4) is 11.5 Å². The third-order valence-corrected chi connectivity index (χ3v) is 4.09. The standard InChI is InChI=1S/C13H19BrO5S/c1-4-18-12-6-9(11(15)8-20(3,16)17)10(14)7-13(12)19-5-2/h6-7,11,15H,4-5,8H2,1-3H3. The summed E-state index contributed by atoms with van der Waals surface area (Å²) in [7, 11) is -3.28. The second-order valence-electron chi connectivity index (χ2n) is 4.29. The molecule has 1 atom stereocenters. The van der Waals surface area contributed by atoms with Crippen LogP contribution >= 0.6 is 15.9 Å². The van der Waals surface area contributed by atoms with Crippen molar-refractivity contribution in [2.45, 2.75) is 20.0 Å². The van der Waals surface area contributed by atoms with Crippen LogP contribution in [0, 0.1) is 0 Å². The average Bonchev–Trinajstić information content (AvgIpc) is 2.30. The van der Waals surface area contributed by atoms with E-state index in [1.807, 2.05) is 13.8 Å². The summed E-state index contributed by atoms with van der Waals surface area (Å²) in [4.78, 5) is 0. The molecule has 0 saturated heterocycles. The van der Waals surface area contributed by atoms with Gasteiger partial charge in [-0.05, 0) is 31.5 Å². The van der Waals surface area contributed by atoms with Gasteiger partial charge in [0.15, 0.2) is 11.5 Å². The summed E-state index contributed by atoms with van der Waals surface area (Å²) in [6.07, 6.45) is -0.0310. The van der Waals surface area contributed by atoms with Gasteiger partial charge in [-0.25, -0.2) is 8.42 Å². The zero-order valence-corrected chi connectivity index (χ0v) is 14.1. The maximum Gasteiger partial charge on any atom is 0.162 e. The molecule has 0 fully saturated rings. The molecule has 1 rings (SSSR count). The van der Waals surface area contributed by atoms with Crippen molar-refractivity contribution >= 4 is 25.8 Å². The molecule has 0 bridgehead atoms. The van der Waals surface area contributed by atoms with Gasteiger partial charge in [-0.3, -0.25) is 0 Å². The Bertz CT molecular complexity index is 556. The van der Waals surface area contributed by atoms with Crippen molar-refractivity contribution in [1.82, 2.24) is 0 Å². The topological polar surface area (TPSA) is 72.8 Å². The molecule has 5 nitrogen and oxygen atoms in total. The van der Waals surface area contributed by atoms with Gasteiger partial charge in [-0.15, -0.1) is 0 Å². The van der Waals surface area contributed by atoms with Gasteiger partial charge in [-0.2, -0.15) is 0 Å². The highest BCUT2D eigenvalue weighted by Crippen LogP contribution is 2.36. The molecule has 7 heteroatoms. The Morgan fingerprint density at radius 2 is 1.70 bits per heavy atom. The largest absolute Gasteiger partial charge is 0.490 e. The summed E-state index contributed by atoms with van der Waals surface area (Å²) in [5.41, 5.74) is 0.460. The summed E-state index contributed by atoms with van der Waals surface area (Å²) in [6, 6.07) is 3.28. The van der Waals surface area contributed by atoms with Crippen molar-refractivity contribution in [2.24, 2.45) is 0 Å². The molecule has 0 spiro atoms. The number of sulfone groups is 1. The lowest BCUT2D eigenvalue weighted by Gasteiger charge is -2.17. The summed E-state index contributed by atoms with van der Waals surface area (Å²) in [5.74, 6) is 0.696. The summed E-state index contributed by atoms with van der Waals surface area (Å²) in [5, 5.41) is 10.0. The zero-order valence-electron chi connectivity index (χ0n) is 11.7. The van der Waals surface area contributed by atoms with Gasteiger partial charge in [0, 0.05) is 10.7 Å². The lowest BCUT2D eigenvalue weighted by molar-refractivity contribution is 0.199. The van der Waals surface area contributed by atoms with E-state index >= 15 is 0 Å². The lowest BCUT2D eigenvalue weighted by Crippen LogP contribution is -2.13. The first-order chi connectivity index (χ1) is 9.28. The van der Waals surface area contributed by atoms with E-state index in [1.165, 1.54) is 0 Å². The van der Waals surface area contributed by atoms with Crippen LogP contribution in [0.5, 0.6) is 11.5 Å². The van der Waals surface area contributed by atoms with Crippen molar-refractivity contribution in [2.75, 3.05) is 25.2 Å². The van der Waals surface area contributed by atoms with Crippen LogP contribution < -0.4 is 9.47 Å². The molecule has 0 saturated carbocycles. The molecular weight excluding hydrogens is 348 g/mol. The molecular formula is C13H19BrO5S. The molecule has 0 amide bonds. The highest BCUT2D eigenvalue weighted by molar-refractivity contribution is 9.10. The minimum atomic E-state index is -3.28. The van der Waals surface area contributed by atoms with Crippen LogP contribution in [0.1, 0.15) is 25.5 Å². The lowest BCUT2D eigenvalue weighted by atomic mass is 10.1. The van der Waals surface area contributed by atoms with Gasteiger partial charge in [-0.1, -0.05) is 15.9 Å². The Balaban J connectivity index is 3.17. The van der Waals surface area contributed by atoms with Crippen LogP contribution in [-0.4, -0.2) is 38.7 Å². The third-order valence-electron chi connectivity index (χ3n) is 2.48. The molecule has 0 aliphatic carbocycles. The molecule has 0 heterocycles. The monoisotopic (exact) mass is 366 g/mol. The van der Waals surface area contributed by atoms with E-state index in [2.05, 4.69) is 15.9 Å². The van der Waals surface area contributed by atoms with Crippen LogP contribution in [0.4, 0.5) is 0 Å². The molecule has 1 aromatic rings. The van der Waals surface area contributed by atoms with Gasteiger partial charge in [0.2, 0.25) is 0 Å². The molecule has 0 aliphatic heterocycles. The van der Waals surface area contributed by atoms with E-state index in [-0.39, 0.29) is 5.75 Å². The molecule has 0 aliphatic rings. The van der Waals surface area contributed by atoms with E-state index in [9.17, 15) is 13.5 Å². The first-order valence-corrected chi connectivity index (χ1v) is 9.08. The summed E-state index contributed by atoms with van der Waals surface area (Å²) < 4.78 is 34.0. The van der Waals surface area contributed by atoms with Crippen molar-refractivity contribution in [1.29, 1.82) is 0 Å². The Hall–Kier alpha value is -0.790. The fraction of sp³-hybridized carbons (Fsp3) is 0.538. The van der Waals surface area contributed by atoms with Gasteiger partial charge in [0.25, 0.3) is 0 Å². The molecule has 1 unspecified atom stereocenters. The predicted octanol–water partition coefficient (Wildman–Crippen LogP) is 2.32. The minimum Gasteiger partial charge on any atom is -0.490 e. The highest BCUT2D eigenvalue weighted by atomic mass is 79.9. The van der Waals surface area contributed by atoms with E-state index in [0.29, 0.717) is 34.7 Å². The van der Waals surface area contributed by atoms with Gasteiger partial charge >= 0.3 is 0 Å². The third kappa shape index (κ3) is 4.96. The Morgan fingerprint density at radius 1 is 1.20 bits per heavy atom. The van der Waals surface area contributed by atoms with E-state index in [4.69, 9.17) is 9.47 Å². The van der Waals surface area contributed by atoms with Crippen LogP contribution in [0.25, 0.3) is 0 Å². The first-order valence-electron chi connectivity index (χ1n) is 6.23. The second-order valence-corrected chi connectivity index (χ2v) is 7.33. The van der Waals surface area contributed by atoms with Gasteiger partial charge < -0.3 is 14.6 Å². The summed E-state index contributed by atoms with van der Waals surface area (Å²) >= 11 is 3.32. The highest BCUT2D eigenvalue weighted by Gasteiger charge is 2.20. The maximum atomic E-state index is 11.3. The quantitative estimate of drug-likeness (QED) is 0.801. The second kappa shape index (κ2) is 7.28. The Morgan fingerprint density at radius 3 is 2.15 bits per heavy atom. The van der Waals surface area contributed by atoms with E-state index in [0.717, 1.165) is 6.26 Å². The minimum absolute atomic E-state index is 0.342. The normalized spacial score (nSPS) is 13.1. The van der Waals surface area contributed by atoms with Crippen molar-refractivity contribution in [3.63, 3.8) is 0 Å². The molecule has 20 heavy (non-hydrogen) atoms. The number of aliphatic hydroxyl groups excluding tert-OH is 1. The number of rotatable bonds is 7. The number of benzene rings is 1. The van der Waals surface area contributed by atoms with Crippen LogP contribution in [0.15, 0.2) is 16.6 Å². The fourth-order valence-electron chi connectivity index (χ4n) is 1.72. The average molecular weight is 367 g/mol. The van der Waals surface area contributed by atoms with Crippen molar-refractivity contribution in [3.05, 3.63) is 22.2 Å². The van der Waals surface area contributed by atoms with E-state index in [1.54, 1.807) is 12.1 Å².